The molecule has 0 aliphatic carbocycles. The fourth-order valence-electron chi connectivity index (χ4n) is 1.35. The van der Waals surface area contributed by atoms with Crippen molar-refractivity contribution in [2.24, 2.45) is 0 Å². The summed E-state index contributed by atoms with van der Waals surface area (Å²) in [5.41, 5.74) is 0.563. The Morgan fingerprint density at radius 2 is 2.19 bits per heavy atom. The van der Waals surface area contributed by atoms with Crippen molar-refractivity contribution in [3.63, 3.8) is 0 Å². The lowest BCUT2D eigenvalue weighted by Crippen LogP contribution is -2.06. The summed E-state index contributed by atoms with van der Waals surface area (Å²) in [5.74, 6) is -0.499. The monoisotopic (exact) mass is 218 g/mol. The van der Waals surface area contributed by atoms with E-state index in [0.29, 0.717) is 5.56 Å². The Hall–Kier alpha value is -2.22. The summed E-state index contributed by atoms with van der Waals surface area (Å²) in [5, 5.41) is 19.4. The van der Waals surface area contributed by atoms with E-state index in [2.05, 4.69) is 0 Å². The van der Waals surface area contributed by atoms with Crippen LogP contribution >= 0.6 is 0 Å². The highest BCUT2D eigenvalue weighted by Gasteiger charge is 2.17. The zero-order valence-electron chi connectivity index (χ0n) is 8.93. The fourth-order valence-corrected chi connectivity index (χ4v) is 1.35. The average Bonchev–Trinajstić information content (AvgIpc) is 2.26. The van der Waals surface area contributed by atoms with Gasteiger partial charge in [-0.1, -0.05) is 13.0 Å². The first-order chi connectivity index (χ1) is 7.47. The van der Waals surface area contributed by atoms with Gasteiger partial charge in [-0.2, -0.15) is 5.26 Å². The fraction of sp³-hybridized carbons (Fsp3) is 0.273. The highest BCUT2D eigenvalue weighted by atomic mass is 16.6. The van der Waals surface area contributed by atoms with E-state index in [1.165, 1.54) is 25.1 Å². The largest absolute Gasteiger partial charge is 0.299 e. The maximum Gasteiger partial charge on any atom is 0.270 e. The molecule has 0 aromatic heterocycles. The van der Waals surface area contributed by atoms with Crippen molar-refractivity contribution in [1.82, 2.24) is 0 Å². The third kappa shape index (κ3) is 2.23. The molecule has 0 saturated carbocycles. The number of rotatable bonds is 3. The van der Waals surface area contributed by atoms with Gasteiger partial charge in [0.15, 0.2) is 0 Å². The van der Waals surface area contributed by atoms with Crippen molar-refractivity contribution >= 4 is 11.5 Å². The van der Waals surface area contributed by atoms with Gasteiger partial charge in [-0.25, -0.2) is 0 Å². The van der Waals surface area contributed by atoms with Gasteiger partial charge in [0, 0.05) is 18.1 Å². The normalized spacial score (nSPS) is 11.6. The predicted octanol–water partition coefficient (Wildman–Crippen LogP) is 2.16. The molecule has 16 heavy (non-hydrogen) atoms. The van der Waals surface area contributed by atoms with Gasteiger partial charge in [0.25, 0.3) is 5.69 Å². The Kier molecular flexibility index (Phi) is 3.36. The van der Waals surface area contributed by atoms with Crippen molar-refractivity contribution in [3.05, 3.63) is 39.4 Å². The summed E-state index contributed by atoms with van der Waals surface area (Å²) in [6.07, 6.45) is 0. The summed E-state index contributed by atoms with van der Waals surface area (Å²) in [6.45, 7) is 3.09. The molecule has 0 saturated heterocycles. The SMILES string of the molecule is CC(=O)C(C)c1ccc([N+](=O)[O-])cc1C#N. The molecular weight excluding hydrogens is 208 g/mol. The zero-order valence-corrected chi connectivity index (χ0v) is 8.93. The maximum absolute atomic E-state index is 11.2. The van der Waals surface area contributed by atoms with Gasteiger partial charge in [-0.05, 0) is 12.5 Å². The molecule has 1 atom stereocenters. The molecule has 0 spiro atoms. The van der Waals surface area contributed by atoms with Crippen LogP contribution in [0, 0.1) is 21.4 Å². The number of nitro benzene ring substituents is 1. The Bertz CT molecular complexity index is 488. The van der Waals surface area contributed by atoms with Crippen LogP contribution in [-0.2, 0) is 4.79 Å². The Balaban J connectivity index is 3.28. The summed E-state index contributed by atoms with van der Waals surface area (Å²) in [7, 11) is 0. The van der Waals surface area contributed by atoms with Gasteiger partial charge in [0.05, 0.1) is 16.6 Å². The van der Waals surface area contributed by atoms with E-state index in [9.17, 15) is 14.9 Å². The maximum atomic E-state index is 11.2. The lowest BCUT2D eigenvalue weighted by molar-refractivity contribution is -0.384. The number of carbonyl (C=O) groups is 1. The summed E-state index contributed by atoms with van der Waals surface area (Å²) in [4.78, 5) is 21.1. The standard InChI is InChI=1S/C11H10N2O3/c1-7(8(2)14)11-4-3-10(13(15)16)5-9(11)6-12/h3-5,7H,1-2H3. The van der Waals surface area contributed by atoms with E-state index >= 15 is 0 Å². The van der Waals surface area contributed by atoms with Crippen LogP contribution in [0.1, 0.15) is 30.9 Å². The number of hydrogen-bond acceptors (Lipinski definition) is 4. The average molecular weight is 218 g/mol. The van der Waals surface area contributed by atoms with Crippen LogP contribution in [-0.4, -0.2) is 10.7 Å². The molecule has 0 N–H and O–H groups in total. The number of nitriles is 1. The van der Waals surface area contributed by atoms with Crippen LogP contribution in [0.2, 0.25) is 0 Å². The number of benzene rings is 1. The minimum atomic E-state index is -0.566. The molecule has 0 fully saturated rings. The van der Waals surface area contributed by atoms with Crippen LogP contribution in [0.15, 0.2) is 18.2 Å². The van der Waals surface area contributed by atoms with Crippen molar-refractivity contribution in [2.45, 2.75) is 19.8 Å². The van der Waals surface area contributed by atoms with Crippen LogP contribution in [0.3, 0.4) is 0 Å². The topological polar surface area (TPSA) is 84.0 Å². The predicted molar refractivity (Wildman–Crippen MR) is 56.9 cm³/mol. The van der Waals surface area contributed by atoms with Crippen molar-refractivity contribution in [1.29, 1.82) is 5.26 Å². The quantitative estimate of drug-likeness (QED) is 0.574. The summed E-state index contributed by atoms with van der Waals surface area (Å²) in [6, 6.07) is 5.82. The molecular formula is C11H10N2O3. The molecule has 1 rings (SSSR count). The van der Waals surface area contributed by atoms with Crippen molar-refractivity contribution < 1.29 is 9.72 Å². The smallest absolute Gasteiger partial charge is 0.270 e. The van der Waals surface area contributed by atoms with Crippen LogP contribution in [0.25, 0.3) is 0 Å². The van der Waals surface area contributed by atoms with E-state index in [-0.39, 0.29) is 17.0 Å². The summed E-state index contributed by atoms with van der Waals surface area (Å²) < 4.78 is 0. The molecule has 0 aliphatic heterocycles. The van der Waals surface area contributed by atoms with Gasteiger partial charge in [-0.3, -0.25) is 14.9 Å². The second-order valence-corrected chi connectivity index (χ2v) is 3.47. The van der Waals surface area contributed by atoms with Gasteiger partial charge >= 0.3 is 0 Å². The number of hydrogen-bond donors (Lipinski definition) is 0. The molecule has 1 unspecified atom stereocenters. The highest BCUT2D eigenvalue weighted by Crippen LogP contribution is 2.24. The lowest BCUT2D eigenvalue weighted by atomic mass is 9.93. The minimum Gasteiger partial charge on any atom is -0.299 e. The van der Waals surface area contributed by atoms with Gasteiger partial charge in [0.1, 0.15) is 5.78 Å². The Morgan fingerprint density at radius 1 is 1.56 bits per heavy atom. The van der Waals surface area contributed by atoms with Gasteiger partial charge < -0.3 is 0 Å². The molecule has 1 aromatic carbocycles. The molecule has 82 valence electrons. The lowest BCUT2D eigenvalue weighted by Gasteiger charge is -2.09. The Morgan fingerprint density at radius 3 is 2.62 bits per heavy atom. The molecule has 0 radical (unpaired) electrons. The molecule has 1 aromatic rings. The number of carbonyl (C=O) groups excluding carboxylic acids is 1. The molecule has 0 amide bonds. The summed E-state index contributed by atoms with van der Waals surface area (Å²) >= 11 is 0. The second-order valence-electron chi connectivity index (χ2n) is 3.47. The third-order valence-corrected chi connectivity index (χ3v) is 2.44. The first-order valence-corrected chi connectivity index (χ1v) is 4.66. The van der Waals surface area contributed by atoms with E-state index in [4.69, 9.17) is 5.26 Å². The van der Waals surface area contributed by atoms with E-state index in [1.807, 2.05) is 6.07 Å². The highest BCUT2D eigenvalue weighted by molar-refractivity contribution is 5.83. The number of nitrogens with zero attached hydrogens (tertiary/aromatic N) is 2. The third-order valence-electron chi connectivity index (χ3n) is 2.44. The molecule has 0 heterocycles. The first kappa shape index (κ1) is 11.9. The molecule has 5 heteroatoms. The number of Topliss-reactive ketones (excluding diaryl/α,β-unsaturated/α-hetero) is 1. The second kappa shape index (κ2) is 4.53. The van der Waals surface area contributed by atoms with Crippen LogP contribution < -0.4 is 0 Å². The van der Waals surface area contributed by atoms with E-state index in [0.717, 1.165) is 0 Å². The van der Waals surface area contributed by atoms with E-state index in [1.54, 1.807) is 6.92 Å². The molecule has 0 bridgehead atoms. The van der Waals surface area contributed by atoms with Gasteiger partial charge in [-0.15, -0.1) is 0 Å². The molecule has 5 nitrogen and oxygen atoms in total. The number of nitro groups is 1. The van der Waals surface area contributed by atoms with Crippen LogP contribution in [0.4, 0.5) is 5.69 Å². The number of non-ortho nitro benzene ring substituents is 1. The van der Waals surface area contributed by atoms with Crippen molar-refractivity contribution in [3.8, 4) is 6.07 Å². The first-order valence-electron chi connectivity index (χ1n) is 4.66. The van der Waals surface area contributed by atoms with E-state index < -0.39 is 10.8 Å². The Labute approximate surface area is 92.5 Å². The zero-order chi connectivity index (χ0) is 12.3. The molecule has 0 aliphatic rings. The minimum absolute atomic E-state index is 0.0784. The van der Waals surface area contributed by atoms with Gasteiger partial charge in [0.2, 0.25) is 0 Å². The number of ketones is 1. The van der Waals surface area contributed by atoms with Crippen molar-refractivity contribution in [2.75, 3.05) is 0 Å². The van der Waals surface area contributed by atoms with Crippen LogP contribution in [0.5, 0.6) is 0 Å².